The maximum absolute atomic E-state index is 12.8. The minimum Gasteiger partial charge on any atom is -0.486 e. The molecule has 6 heteroatoms. The van der Waals surface area contributed by atoms with Crippen LogP contribution in [0, 0.1) is 0 Å². The van der Waals surface area contributed by atoms with E-state index >= 15 is 0 Å². The number of hydrogen-bond acceptors (Lipinski definition) is 4. The van der Waals surface area contributed by atoms with E-state index in [4.69, 9.17) is 4.74 Å². The van der Waals surface area contributed by atoms with Gasteiger partial charge in [-0.3, -0.25) is 4.79 Å². The first kappa shape index (κ1) is 19.5. The van der Waals surface area contributed by atoms with Crippen molar-refractivity contribution in [3.63, 3.8) is 0 Å². The Hall–Kier alpha value is -3.80. The Labute approximate surface area is 175 Å². The standard InChI is InChI=1S/C24H24N4O2/c1-27(2)19-14-12-18(13-15-19)25-24(29)16-28-22-11-7-6-10-21(22)26-23(28)17-30-20-8-4-3-5-9-20/h3-15H,16-17H2,1-2H3,(H,25,29). The third-order valence-electron chi connectivity index (χ3n) is 4.81. The van der Waals surface area contributed by atoms with E-state index in [0.29, 0.717) is 5.82 Å². The summed E-state index contributed by atoms with van der Waals surface area (Å²) in [4.78, 5) is 19.4. The molecule has 0 saturated carbocycles. The van der Waals surface area contributed by atoms with Crippen LogP contribution in [0.2, 0.25) is 0 Å². The zero-order chi connectivity index (χ0) is 20.9. The molecular weight excluding hydrogens is 376 g/mol. The number of aromatic nitrogens is 2. The molecule has 152 valence electrons. The number of rotatable bonds is 7. The van der Waals surface area contributed by atoms with Crippen molar-refractivity contribution in [3.05, 3.63) is 84.7 Å². The Morgan fingerprint density at radius 3 is 2.40 bits per heavy atom. The largest absolute Gasteiger partial charge is 0.486 e. The third-order valence-corrected chi connectivity index (χ3v) is 4.81. The Morgan fingerprint density at radius 1 is 0.967 bits per heavy atom. The van der Waals surface area contributed by atoms with Gasteiger partial charge in [0.1, 0.15) is 24.7 Å². The van der Waals surface area contributed by atoms with Crippen molar-refractivity contribution in [3.8, 4) is 5.75 Å². The molecule has 0 aliphatic carbocycles. The van der Waals surface area contributed by atoms with Crippen LogP contribution in [-0.2, 0) is 17.9 Å². The molecule has 0 radical (unpaired) electrons. The molecule has 4 aromatic rings. The lowest BCUT2D eigenvalue weighted by molar-refractivity contribution is -0.116. The fourth-order valence-corrected chi connectivity index (χ4v) is 3.26. The van der Waals surface area contributed by atoms with E-state index in [-0.39, 0.29) is 19.1 Å². The molecule has 0 aliphatic heterocycles. The lowest BCUT2D eigenvalue weighted by Crippen LogP contribution is -2.21. The molecule has 4 rings (SSSR count). The lowest BCUT2D eigenvalue weighted by atomic mass is 10.2. The number of carbonyl (C=O) groups excluding carboxylic acids is 1. The Morgan fingerprint density at radius 2 is 1.67 bits per heavy atom. The summed E-state index contributed by atoms with van der Waals surface area (Å²) in [6, 6.07) is 25.1. The second-order valence-corrected chi connectivity index (χ2v) is 7.19. The number of para-hydroxylation sites is 3. The van der Waals surface area contributed by atoms with E-state index in [1.807, 2.05) is 102 Å². The summed E-state index contributed by atoms with van der Waals surface area (Å²) in [6.07, 6.45) is 0. The smallest absolute Gasteiger partial charge is 0.244 e. The van der Waals surface area contributed by atoms with Crippen LogP contribution < -0.4 is 15.0 Å². The normalized spacial score (nSPS) is 10.7. The van der Waals surface area contributed by atoms with Crippen molar-refractivity contribution in [1.82, 2.24) is 9.55 Å². The van der Waals surface area contributed by atoms with Crippen molar-refractivity contribution in [2.75, 3.05) is 24.3 Å². The number of ether oxygens (including phenoxy) is 1. The number of imidazole rings is 1. The van der Waals surface area contributed by atoms with E-state index in [0.717, 1.165) is 28.2 Å². The molecule has 0 saturated heterocycles. The highest BCUT2D eigenvalue weighted by Crippen LogP contribution is 2.19. The Balaban J connectivity index is 1.52. The molecule has 1 N–H and O–H groups in total. The molecule has 0 unspecified atom stereocenters. The Bertz CT molecular complexity index is 1140. The van der Waals surface area contributed by atoms with Crippen molar-refractivity contribution in [2.45, 2.75) is 13.2 Å². The van der Waals surface area contributed by atoms with E-state index in [1.54, 1.807) is 0 Å². The number of carbonyl (C=O) groups is 1. The molecule has 0 bridgehead atoms. The first-order chi connectivity index (χ1) is 14.6. The van der Waals surface area contributed by atoms with Gasteiger partial charge < -0.3 is 19.5 Å². The van der Waals surface area contributed by atoms with Gasteiger partial charge in [0.25, 0.3) is 0 Å². The van der Waals surface area contributed by atoms with Gasteiger partial charge in [-0.1, -0.05) is 30.3 Å². The zero-order valence-electron chi connectivity index (χ0n) is 17.1. The first-order valence-electron chi connectivity index (χ1n) is 9.79. The average Bonchev–Trinajstić information content (AvgIpc) is 3.10. The number of benzene rings is 3. The van der Waals surface area contributed by atoms with Gasteiger partial charge in [0.15, 0.2) is 0 Å². The van der Waals surface area contributed by atoms with Crippen molar-refractivity contribution in [2.24, 2.45) is 0 Å². The molecule has 0 spiro atoms. The van der Waals surface area contributed by atoms with E-state index in [9.17, 15) is 4.79 Å². The van der Waals surface area contributed by atoms with Crippen LogP contribution in [0.3, 0.4) is 0 Å². The summed E-state index contributed by atoms with van der Waals surface area (Å²) < 4.78 is 7.78. The van der Waals surface area contributed by atoms with E-state index in [2.05, 4.69) is 10.3 Å². The predicted octanol–water partition coefficient (Wildman–Crippen LogP) is 4.32. The van der Waals surface area contributed by atoms with Crippen molar-refractivity contribution < 1.29 is 9.53 Å². The van der Waals surface area contributed by atoms with Crippen LogP contribution in [0.1, 0.15) is 5.82 Å². The summed E-state index contributed by atoms with van der Waals surface area (Å²) in [5, 5.41) is 2.97. The van der Waals surface area contributed by atoms with Crippen molar-refractivity contribution >= 4 is 28.3 Å². The number of nitrogens with one attached hydrogen (secondary N) is 1. The summed E-state index contributed by atoms with van der Waals surface area (Å²) in [5.41, 5.74) is 3.58. The van der Waals surface area contributed by atoms with Crippen LogP contribution in [-0.4, -0.2) is 29.6 Å². The molecule has 1 heterocycles. The quantitative estimate of drug-likeness (QED) is 0.502. The van der Waals surface area contributed by atoms with Crippen LogP contribution in [0.5, 0.6) is 5.75 Å². The minimum absolute atomic E-state index is 0.114. The van der Waals surface area contributed by atoms with Crippen LogP contribution >= 0.6 is 0 Å². The summed E-state index contributed by atoms with van der Waals surface area (Å²) in [6.45, 7) is 0.437. The zero-order valence-corrected chi connectivity index (χ0v) is 17.1. The van der Waals surface area contributed by atoms with Crippen LogP contribution in [0.25, 0.3) is 11.0 Å². The molecule has 30 heavy (non-hydrogen) atoms. The molecular formula is C24H24N4O2. The number of anilines is 2. The third kappa shape index (κ3) is 4.43. The molecule has 1 amide bonds. The first-order valence-corrected chi connectivity index (χ1v) is 9.79. The highest BCUT2D eigenvalue weighted by Gasteiger charge is 2.14. The monoisotopic (exact) mass is 400 g/mol. The van der Waals surface area contributed by atoms with Gasteiger partial charge in [0.2, 0.25) is 5.91 Å². The van der Waals surface area contributed by atoms with Gasteiger partial charge in [0, 0.05) is 25.5 Å². The lowest BCUT2D eigenvalue weighted by Gasteiger charge is -2.14. The van der Waals surface area contributed by atoms with Crippen LogP contribution in [0.15, 0.2) is 78.9 Å². The fourth-order valence-electron chi connectivity index (χ4n) is 3.26. The van der Waals surface area contributed by atoms with E-state index in [1.165, 1.54) is 0 Å². The topological polar surface area (TPSA) is 59.4 Å². The summed E-state index contributed by atoms with van der Waals surface area (Å²) in [7, 11) is 3.97. The molecule has 6 nitrogen and oxygen atoms in total. The van der Waals surface area contributed by atoms with Gasteiger partial charge in [-0.15, -0.1) is 0 Å². The highest BCUT2D eigenvalue weighted by atomic mass is 16.5. The van der Waals surface area contributed by atoms with Gasteiger partial charge in [0.05, 0.1) is 11.0 Å². The van der Waals surface area contributed by atoms with Crippen LogP contribution in [0.4, 0.5) is 11.4 Å². The Kier molecular flexibility index (Phi) is 5.66. The second-order valence-electron chi connectivity index (χ2n) is 7.19. The second kappa shape index (κ2) is 8.69. The van der Waals surface area contributed by atoms with Gasteiger partial charge in [-0.25, -0.2) is 4.98 Å². The maximum Gasteiger partial charge on any atom is 0.244 e. The number of fused-ring (bicyclic) bond motifs is 1. The van der Waals surface area contributed by atoms with Gasteiger partial charge in [-0.05, 0) is 48.5 Å². The highest BCUT2D eigenvalue weighted by molar-refractivity contribution is 5.92. The maximum atomic E-state index is 12.8. The fraction of sp³-hybridized carbons (Fsp3) is 0.167. The average molecular weight is 400 g/mol. The van der Waals surface area contributed by atoms with E-state index < -0.39 is 0 Å². The van der Waals surface area contributed by atoms with Gasteiger partial charge >= 0.3 is 0 Å². The number of nitrogens with zero attached hydrogens (tertiary/aromatic N) is 3. The molecule has 1 aromatic heterocycles. The molecule has 0 atom stereocenters. The van der Waals surface area contributed by atoms with Gasteiger partial charge in [-0.2, -0.15) is 0 Å². The minimum atomic E-state index is -0.114. The predicted molar refractivity (Wildman–Crippen MR) is 120 cm³/mol. The number of hydrogen-bond donors (Lipinski definition) is 1. The van der Waals surface area contributed by atoms with Crippen molar-refractivity contribution in [1.29, 1.82) is 0 Å². The molecule has 0 fully saturated rings. The summed E-state index contributed by atoms with van der Waals surface area (Å²) in [5.74, 6) is 1.36. The number of amides is 1. The molecule has 0 aliphatic rings. The molecule has 3 aromatic carbocycles. The SMILES string of the molecule is CN(C)c1ccc(NC(=O)Cn2c(COc3ccccc3)nc3ccccc32)cc1. The summed E-state index contributed by atoms with van der Waals surface area (Å²) >= 11 is 0.